The van der Waals surface area contributed by atoms with Crippen LogP contribution in [0.15, 0.2) is 12.4 Å². The van der Waals surface area contributed by atoms with Crippen LogP contribution in [0.1, 0.15) is 49.5 Å². The van der Waals surface area contributed by atoms with E-state index < -0.39 is 19.7 Å². The molecule has 1 saturated heterocycles. The number of piperidine rings is 1. The van der Waals surface area contributed by atoms with Gasteiger partial charge in [0.2, 0.25) is 0 Å². The monoisotopic (exact) mass is 536 g/mol. The molecule has 0 atom stereocenters. The molecule has 0 spiro atoms. The third-order valence-corrected chi connectivity index (χ3v) is 11.9. The summed E-state index contributed by atoms with van der Waals surface area (Å²) in [5.41, 5.74) is 0.632. The van der Waals surface area contributed by atoms with Crippen LogP contribution in [0.4, 0.5) is 11.8 Å². The summed E-state index contributed by atoms with van der Waals surface area (Å²) < 4.78 is 14.4. The molecule has 2 aliphatic heterocycles. The van der Waals surface area contributed by atoms with Crippen molar-refractivity contribution in [2.24, 2.45) is 0 Å². The van der Waals surface area contributed by atoms with E-state index in [0.29, 0.717) is 22.7 Å². The summed E-state index contributed by atoms with van der Waals surface area (Å²) in [5.74, 6) is 2.57. The van der Waals surface area contributed by atoms with E-state index in [1.165, 1.54) is 0 Å². The van der Waals surface area contributed by atoms with Crippen molar-refractivity contribution in [1.82, 2.24) is 19.9 Å². The first-order valence-electron chi connectivity index (χ1n) is 10.6. The quantitative estimate of drug-likeness (QED) is 0.559. The van der Waals surface area contributed by atoms with Gasteiger partial charge in [-0.3, -0.25) is 0 Å². The number of halogens is 1. The van der Waals surface area contributed by atoms with Crippen LogP contribution in [0.2, 0.25) is 9.46 Å². The molecule has 1 saturated carbocycles. The molecule has 0 aromatic carbocycles. The Labute approximate surface area is 187 Å². The summed E-state index contributed by atoms with van der Waals surface area (Å²) in [6.07, 6.45) is 8.86. The minimum atomic E-state index is -2.87. The summed E-state index contributed by atoms with van der Waals surface area (Å²) in [6, 6.07) is 0. The molecule has 158 valence electrons. The van der Waals surface area contributed by atoms with Crippen LogP contribution < -0.4 is 13.8 Å². The van der Waals surface area contributed by atoms with Crippen molar-refractivity contribution in [2.75, 3.05) is 29.9 Å². The molecule has 1 aliphatic carbocycles. The van der Waals surface area contributed by atoms with E-state index in [1.807, 2.05) is 0 Å². The van der Waals surface area contributed by atoms with E-state index in [1.54, 1.807) is 12.4 Å². The fourth-order valence-electron chi connectivity index (χ4n) is 4.61. The summed E-state index contributed by atoms with van der Waals surface area (Å²) in [5, 5.41) is 13.9. The number of rotatable bonds is 5. The van der Waals surface area contributed by atoms with E-state index in [2.05, 4.69) is 20.2 Å². The number of nitrogens with zero attached hydrogens (tertiary/aromatic N) is 5. The molecule has 0 unspecified atom stereocenters. The maximum absolute atomic E-state index is 12.7. The van der Waals surface area contributed by atoms with Crippen LogP contribution in [-0.4, -0.2) is 70.0 Å². The Balaban J connectivity index is 1.37. The Morgan fingerprint density at radius 1 is 1.23 bits per heavy atom. The van der Waals surface area contributed by atoms with Crippen molar-refractivity contribution >= 4 is 46.7 Å². The number of hydrogen-bond acceptors (Lipinski definition) is 8. The first-order valence-corrected chi connectivity index (χ1v) is 15.6. The van der Waals surface area contributed by atoms with Crippen molar-refractivity contribution in [3.8, 4) is 0 Å². The number of anilines is 2. The van der Waals surface area contributed by atoms with Gasteiger partial charge in [0.05, 0.1) is 0 Å². The van der Waals surface area contributed by atoms with Gasteiger partial charge in [0.1, 0.15) is 0 Å². The van der Waals surface area contributed by atoms with Crippen molar-refractivity contribution in [1.29, 1.82) is 0 Å². The predicted octanol–water partition coefficient (Wildman–Crippen LogP) is 1.82. The second-order valence-corrected chi connectivity index (χ2v) is 14.3. The number of aryl methyl sites for hydroxylation is 1. The van der Waals surface area contributed by atoms with Gasteiger partial charge in [-0.15, -0.1) is 0 Å². The van der Waals surface area contributed by atoms with Crippen molar-refractivity contribution in [3.63, 3.8) is 0 Å². The molecule has 3 aliphatic rings. The molecular weight excluding hydrogens is 510 g/mol. The first kappa shape index (κ1) is 20.5. The molecule has 8 nitrogen and oxygen atoms in total. The molecular formula is C20H25ClN6O2Sn. The van der Waals surface area contributed by atoms with Gasteiger partial charge >= 0.3 is 176 Å². The molecule has 2 aromatic rings. The van der Waals surface area contributed by atoms with Gasteiger partial charge < -0.3 is 0 Å². The molecule has 2 fully saturated rings. The third-order valence-electron chi connectivity index (χ3n) is 6.62. The van der Waals surface area contributed by atoms with Crippen LogP contribution in [0.25, 0.3) is 0 Å². The molecule has 2 N–H and O–H groups in total. The number of aromatic nitrogens is 4. The van der Waals surface area contributed by atoms with Gasteiger partial charge in [-0.25, -0.2) is 0 Å². The molecule has 0 radical (unpaired) electrons. The van der Waals surface area contributed by atoms with E-state index in [0.717, 1.165) is 71.1 Å². The average Bonchev–Trinajstić information content (AvgIpc) is 3.12. The zero-order chi connectivity index (χ0) is 20.7. The fraction of sp³-hybridized carbons (Fsp3) is 0.600. The Morgan fingerprint density at radius 2 is 1.97 bits per heavy atom. The molecule has 4 heterocycles. The average molecular weight is 536 g/mol. The van der Waals surface area contributed by atoms with Gasteiger partial charge in [0.25, 0.3) is 0 Å². The standard InChI is InChI=1S/C20H25ClN6O.O.Sn/c1-2-16-10-17(26-20(13-28)6-3-7-20)25-19(24-16)27-8-4-14(5-9-27)18-22-11-15(21)12-23-18;;/h11-12,14,28H,1-9,13H2,(H,24,25,26);;. The van der Waals surface area contributed by atoms with E-state index in [9.17, 15) is 8.18 Å². The van der Waals surface area contributed by atoms with E-state index in [-0.39, 0.29) is 12.1 Å². The number of hydrogen-bond donors (Lipinski definition) is 2. The second kappa shape index (κ2) is 8.27. The maximum atomic E-state index is 12.7. The summed E-state index contributed by atoms with van der Waals surface area (Å²) in [4.78, 5) is 20.6. The Bertz CT molecular complexity index is 955. The summed E-state index contributed by atoms with van der Waals surface area (Å²) in [6.45, 7) is 1.72. The summed E-state index contributed by atoms with van der Waals surface area (Å²) in [7, 11) is 0. The van der Waals surface area contributed by atoms with Crippen LogP contribution in [0, 0.1) is 0 Å². The minimum absolute atomic E-state index is 0.0746. The van der Waals surface area contributed by atoms with Crippen LogP contribution >= 0.6 is 11.6 Å². The topological polar surface area (TPSA) is 104 Å². The summed E-state index contributed by atoms with van der Waals surface area (Å²) >= 11 is 3.04. The SMILES string of the molecule is [O]=[Sn]1[CH2]Cc2nc(N3CCC(c4ncc(Cl)cn4)CC3)nc(NC3(CO)CCC3)[c]21. The predicted molar refractivity (Wildman–Crippen MR) is 115 cm³/mol. The van der Waals surface area contributed by atoms with Crippen molar-refractivity contribution in [2.45, 2.75) is 54.4 Å². The van der Waals surface area contributed by atoms with Gasteiger partial charge in [-0.1, -0.05) is 11.6 Å². The first-order chi connectivity index (χ1) is 14.6. The molecule has 0 bridgehead atoms. The number of nitrogens with one attached hydrogen (secondary N) is 1. The van der Waals surface area contributed by atoms with Crippen LogP contribution in [0.5, 0.6) is 0 Å². The molecule has 2 aromatic heterocycles. The normalized spacial score (nSPS) is 20.7. The zero-order valence-electron chi connectivity index (χ0n) is 16.8. The van der Waals surface area contributed by atoms with Crippen molar-refractivity contribution in [3.05, 3.63) is 28.9 Å². The second-order valence-electron chi connectivity index (χ2n) is 8.55. The number of fused-ring (bicyclic) bond motifs is 1. The Morgan fingerprint density at radius 3 is 2.60 bits per heavy atom. The van der Waals surface area contributed by atoms with Crippen molar-refractivity contribution < 1.29 is 8.18 Å². The Kier molecular flexibility index (Phi) is 5.66. The van der Waals surface area contributed by atoms with E-state index >= 15 is 0 Å². The molecule has 5 rings (SSSR count). The fourth-order valence-corrected chi connectivity index (χ4v) is 9.27. The van der Waals surface area contributed by atoms with Crippen LogP contribution in [-0.2, 0) is 9.50 Å². The molecule has 30 heavy (non-hydrogen) atoms. The molecule has 10 heteroatoms. The molecule has 0 amide bonds. The number of aliphatic hydroxyl groups excluding tert-OH is 1. The number of aliphatic hydroxyl groups is 1. The van der Waals surface area contributed by atoms with Gasteiger partial charge in [-0.2, -0.15) is 0 Å². The van der Waals surface area contributed by atoms with Gasteiger partial charge in [-0.05, 0) is 0 Å². The Hall–Kier alpha value is -1.39. The van der Waals surface area contributed by atoms with Gasteiger partial charge in [0.15, 0.2) is 0 Å². The van der Waals surface area contributed by atoms with Crippen LogP contribution in [0.3, 0.4) is 0 Å². The zero-order valence-corrected chi connectivity index (χ0v) is 20.4. The van der Waals surface area contributed by atoms with Gasteiger partial charge in [0, 0.05) is 0 Å². The third kappa shape index (κ3) is 3.82. The van der Waals surface area contributed by atoms with E-state index in [4.69, 9.17) is 21.6 Å².